The summed E-state index contributed by atoms with van der Waals surface area (Å²) in [6.07, 6.45) is 1.27. The van der Waals surface area contributed by atoms with Crippen LogP contribution in [0.25, 0.3) is 0 Å². The second-order valence-corrected chi connectivity index (χ2v) is 6.77. The standard InChI is InChI=1S/C22H30N2O2/c1-5-26-20-13-11-19(12-14-20)21(24(3)4)16-23-22(25)15-10-18-8-6-17(2)7-9-18/h6-9,11-14,21H,5,10,15-16H2,1-4H3,(H,23,25). The van der Waals surface area contributed by atoms with Gasteiger partial charge in [-0.05, 0) is 57.6 Å². The highest BCUT2D eigenvalue weighted by atomic mass is 16.5. The number of ether oxygens (including phenoxy) is 1. The number of carbonyl (C=O) groups is 1. The zero-order valence-corrected chi connectivity index (χ0v) is 16.3. The Morgan fingerprint density at radius 2 is 1.73 bits per heavy atom. The number of rotatable bonds is 9. The van der Waals surface area contributed by atoms with Gasteiger partial charge in [0, 0.05) is 13.0 Å². The minimum Gasteiger partial charge on any atom is -0.494 e. The van der Waals surface area contributed by atoms with Crippen LogP contribution in [0.5, 0.6) is 5.75 Å². The maximum Gasteiger partial charge on any atom is 0.220 e. The summed E-state index contributed by atoms with van der Waals surface area (Å²) in [5.41, 5.74) is 3.60. The largest absolute Gasteiger partial charge is 0.494 e. The molecule has 0 saturated heterocycles. The van der Waals surface area contributed by atoms with Crippen LogP contribution in [0.2, 0.25) is 0 Å². The maximum atomic E-state index is 12.2. The van der Waals surface area contributed by atoms with Crippen molar-refractivity contribution in [3.8, 4) is 5.75 Å². The summed E-state index contributed by atoms with van der Waals surface area (Å²) in [5, 5.41) is 3.07. The Bertz CT molecular complexity index is 678. The van der Waals surface area contributed by atoms with Crippen molar-refractivity contribution >= 4 is 5.91 Å². The van der Waals surface area contributed by atoms with Gasteiger partial charge in [0.25, 0.3) is 0 Å². The van der Waals surface area contributed by atoms with E-state index in [1.165, 1.54) is 11.1 Å². The van der Waals surface area contributed by atoms with Gasteiger partial charge in [0.1, 0.15) is 5.75 Å². The predicted octanol–water partition coefficient (Wildman–Crippen LogP) is 3.75. The minimum absolute atomic E-state index is 0.0864. The van der Waals surface area contributed by atoms with Crippen molar-refractivity contribution in [3.63, 3.8) is 0 Å². The third-order valence-electron chi connectivity index (χ3n) is 4.45. The fourth-order valence-electron chi connectivity index (χ4n) is 2.86. The van der Waals surface area contributed by atoms with Crippen LogP contribution in [0.3, 0.4) is 0 Å². The van der Waals surface area contributed by atoms with E-state index < -0.39 is 0 Å². The summed E-state index contributed by atoms with van der Waals surface area (Å²) >= 11 is 0. The van der Waals surface area contributed by atoms with Gasteiger partial charge in [0.2, 0.25) is 5.91 Å². The molecule has 26 heavy (non-hydrogen) atoms. The first kappa shape index (κ1) is 20.0. The number of carbonyl (C=O) groups excluding carboxylic acids is 1. The molecular formula is C22H30N2O2. The lowest BCUT2D eigenvalue weighted by atomic mass is 10.1. The second kappa shape index (κ2) is 9.97. The molecule has 2 rings (SSSR count). The molecule has 2 aromatic carbocycles. The Kier molecular flexibility index (Phi) is 7.67. The van der Waals surface area contributed by atoms with Gasteiger partial charge < -0.3 is 15.0 Å². The van der Waals surface area contributed by atoms with Crippen LogP contribution in [0.15, 0.2) is 48.5 Å². The van der Waals surface area contributed by atoms with E-state index in [-0.39, 0.29) is 11.9 Å². The van der Waals surface area contributed by atoms with E-state index in [1.54, 1.807) is 0 Å². The summed E-state index contributed by atoms with van der Waals surface area (Å²) in [5.74, 6) is 0.958. The molecule has 1 N–H and O–H groups in total. The Balaban J connectivity index is 1.87. The van der Waals surface area contributed by atoms with E-state index in [4.69, 9.17) is 4.74 Å². The van der Waals surface area contributed by atoms with Gasteiger partial charge in [-0.25, -0.2) is 0 Å². The Morgan fingerprint density at radius 1 is 1.08 bits per heavy atom. The van der Waals surface area contributed by atoms with Gasteiger partial charge in [-0.15, -0.1) is 0 Å². The number of hydrogen-bond acceptors (Lipinski definition) is 3. The molecule has 4 heteroatoms. The fourth-order valence-corrected chi connectivity index (χ4v) is 2.86. The highest BCUT2D eigenvalue weighted by Gasteiger charge is 2.15. The summed E-state index contributed by atoms with van der Waals surface area (Å²) in [7, 11) is 4.05. The van der Waals surface area contributed by atoms with E-state index in [1.807, 2.05) is 33.2 Å². The van der Waals surface area contributed by atoms with Crippen LogP contribution in [0.1, 0.15) is 36.1 Å². The van der Waals surface area contributed by atoms with Crippen molar-refractivity contribution in [2.75, 3.05) is 27.2 Å². The average molecular weight is 354 g/mol. The normalized spacial score (nSPS) is 12.0. The van der Waals surface area contributed by atoms with Gasteiger partial charge in [0.15, 0.2) is 0 Å². The number of nitrogens with zero attached hydrogens (tertiary/aromatic N) is 1. The molecule has 0 spiro atoms. The first-order chi connectivity index (χ1) is 12.5. The number of likely N-dealkylation sites (N-methyl/N-ethyl adjacent to an activating group) is 1. The predicted molar refractivity (Wildman–Crippen MR) is 107 cm³/mol. The smallest absolute Gasteiger partial charge is 0.220 e. The van der Waals surface area contributed by atoms with Gasteiger partial charge in [-0.3, -0.25) is 4.79 Å². The summed E-state index contributed by atoms with van der Waals surface area (Å²) in [6.45, 7) is 5.29. The van der Waals surface area contributed by atoms with Crippen molar-refractivity contribution < 1.29 is 9.53 Å². The maximum absolute atomic E-state index is 12.2. The minimum atomic E-state index is 0.0864. The molecule has 140 valence electrons. The van der Waals surface area contributed by atoms with Crippen LogP contribution < -0.4 is 10.1 Å². The van der Waals surface area contributed by atoms with E-state index in [0.29, 0.717) is 19.6 Å². The van der Waals surface area contributed by atoms with Crippen molar-refractivity contribution in [3.05, 3.63) is 65.2 Å². The Morgan fingerprint density at radius 3 is 2.31 bits per heavy atom. The molecule has 0 aliphatic heterocycles. The van der Waals surface area contributed by atoms with E-state index >= 15 is 0 Å². The number of benzene rings is 2. The van der Waals surface area contributed by atoms with E-state index in [0.717, 1.165) is 17.7 Å². The summed E-state index contributed by atoms with van der Waals surface area (Å²) < 4.78 is 5.50. The molecule has 0 bridgehead atoms. The number of hydrogen-bond donors (Lipinski definition) is 1. The first-order valence-electron chi connectivity index (χ1n) is 9.21. The number of nitrogens with one attached hydrogen (secondary N) is 1. The van der Waals surface area contributed by atoms with Gasteiger partial charge in [-0.2, -0.15) is 0 Å². The summed E-state index contributed by atoms with van der Waals surface area (Å²) in [6, 6.07) is 16.6. The quantitative estimate of drug-likeness (QED) is 0.746. The van der Waals surface area contributed by atoms with Crippen molar-refractivity contribution in [1.29, 1.82) is 0 Å². The van der Waals surface area contributed by atoms with Crippen molar-refractivity contribution in [2.24, 2.45) is 0 Å². The highest BCUT2D eigenvalue weighted by Crippen LogP contribution is 2.21. The molecule has 1 amide bonds. The van der Waals surface area contributed by atoms with Crippen LogP contribution >= 0.6 is 0 Å². The van der Waals surface area contributed by atoms with Gasteiger partial charge in [0.05, 0.1) is 12.6 Å². The molecule has 0 aromatic heterocycles. The number of aryl methyl sites for hydroxylation is 2. The molecule has 1 atom stereocenters. The SMILES string of the molecule is CCOc1ccc(C(CNC(=O)CCc2ccc(C)cc2)N(C)C)cc1. The van der Waals surface area contributed by atoms with Crippen molar-refractivity contribution in [1.82, 2.24) is 10.2 Å². The second-order valence-electron chi connectivity index (χ2n) is 6.77. The molecule has 0 saturated carbocycles. The first-order valence-corrected chi connectivity index (χ1v) is 9.21. The monoisotopic (exact) mass is 354 g/mol. The zero-order chi connectivity index (χ0) is 18.9. The third kappa shape index (κ3) is 6.19. The Hall–Kier alpha value is -2.33. The Labute approximate surface area is 157 Å². The molecule has 2 aromatic rings. The lowest BCUT2D eigenvalue weighted by molar-refractivity contribution is -0.121. The van der Waals surface area contributed by atoms with Gasteiger partial charge in [-0.1, -0.05) is 42.0 Å². The molecule has 4 nitrogen and oxygen atoms in total. The molecule has 0 heterocycles. The third-order valence-corrected chi connectivity index (χ3v) is 4.45. The van der Waals surface area contributed by atoms with E-state index in [9.17, 15) is 4.79 Å². The van der Waals surface area contributed by atoms with E-state index in [2.05, 4.69) is 53.5 Å². The van der Waals surface area contributed by atoms with Gasteiger partial charge >= 0.3 is 0 Å². The number of amides is 1. The molecule has 1 unspecified atom stereocenters. The molecule has 0 fully saturated rings. The van der Waals surface area contributed by atoms with Crippen LogP contribution in [-0.2, 0) is 11.2 Å². The van der Waals surface area contributed by atoms with Crippen LogP contribution in [0.4, 0.5) is 0 Å². The molecular weight excluding hydrogens is 324 g/mol. The molecule has 0 aliphatic rings. The zero-order valence-electron chi connectivity index (χ0n) is 16.3. The highest BCUT2D eigenvalue weighted by molar-refractivity contribution is 5.76. The fraction of sp³-hybridized carbons (Fsp3) is 0.409. The molecule has 0 radical (unpaired) electrons. The van der Waals surface area contributed by atoms with Crippen LogP contribution in [0, 0.1) is 6.92 Å². The van der Waals surface area contributed by atoms with Crippen molar-refractivity contribution in [2.45, 2.75) is 32.7 Å². The average Bonchev–Trinajstić information content (AvgIpc) is 2.63. The topological polar surface area (TPSA) is 41.6 Å². The molecule has 0 aliphatic carbocycles. The van der Waals surface area contributed by atoms with Crippen LogP contribution in [-0.4, -0.2) is 38.1 Å². The lowest BCUT2D eigenvalue weighted by Gasteiger charge is -2.25. The lowest BCUT2D eigenvalue weighted by Crippen LogP contribution is -2.34. The summed E-state index contributed by atoms with van der Waals surface area (Å²) in [4.78, 5) is 14.4.